The molecule has 2 rings (SSSR count). The standard InChI is InChI=1S/C16H16F2N2O3/c1-10-5-6-11(7-14(10)20(22)23)8-19-9-15(21)16-12(17)3-2-4-13(16)18/h2-7,15,19,21H,8-9H2,1H3. The van der Waals surface area contributed by atoms with Gasteiger partial charge in [-0.15, -0.1) is 0 Å². The van der Waals surface area contributed by atoms with Gasteiger partial charge in [0, 0.05) is 24.7 Å². The first-order valence-corrected chi connectivity index (χ1v) is 6.96. The number of hydrogen-bond donors (Lipinski definition) is 2. The van der Waals surface area contributed by atoms with E-state index in [0.29, 0.717) is 11.1 Å². The van der Waals surface area contributed by atoms with Crippen molar-refractivity contribution in [2.45, 2.75) is 19.6 Å². The molecule has 23 heavy (non-hydrogen) atoms. The van der Waals surface area contributed by atoms with Crippen molar-refractivity contribution in [3.05, 3.63) is 74.8 Å². The monoisotopic (exact) mass is 322 g/mol. The summed E-state index contributed by atoms with van der Waals surface area (Å²) in [6.45, 7) is 1.79. The number of benzene rings is 2. The van der Waals surface area contributed by atoms with Gasteiger partial charge in [-0.1, -0.05) is 18.2 Å². The number of aliphatic hydroxyl groups excluding tert-OH is 1. The zero-order valence-electron chi connectivity index (χ0n) is 12.4. The Balaban J connectivity index is 2.00. The van der Waals surface area contributed by atoms with Gasteiger partial charge in [0.1, 0.15) is 11.6 Å². The third kappa shape index (κ3) is 4.08. The first-order chi connectivity index (χ1) is 10.9. The predicted molar refractivity (Wildman–Crippen MR) is 80.9 cm³/mol. The van der Waals surface area contributed by atoms with E-state index in [0.717, 1.165) is 12.1 Å². The molecule has 0 spiro atoms. The van der Waals surface area contributed by atoms with E-state index in [4.69, 9.17) is 0 Å². The van der Waals surface area contributed by atoms with Crippen LogP contribution in [0.1, 0.15) is 22.8 Å². The first-order valence-electron chi connectivity index (χ1n) is 6.96. The van der Waals surface area contributed by atoms with E-state index in [1.54, 1.807) is 19.1 Å². The van der Waals surface area contributed by atoms with Crippen LogP contribution in [-0.4, -0.2) is 16.6 Å². The normalized spacial score (nSPS) is 12.2. The molecular formula is C16H16F2N2O3. The van der Waals surface area contributed by atoms with Crippen molar-refractivity contribution in [1.82, 2.24) is 5.32 Å². The molecule has 2 aromatic rings. The Kier molecular flexibility index (Phi) is 5.36. The number of aliphatic hydroxyl groups is 1. The summed E-state index contributed by atoms with van der Waals surface area (Å²) in [5.41, 5.74) is 0.801. The van der Waals surface area contributed by atoms with Crippen LogP contribution in [0.2, 0.25) is 0 Å². The van der Waals surface area contributed by atoms with E-state index >= 15 is 0 Å². The van der Waals surface area contributed by atoms with Crippen LogP contribution in [0.5, 0.6) is 0 Å². The fourth-order valence-corrected chi connectivity index (χ4v) is 2.25. The number of hydrogen-bond acceptors (Lipinski definition) is 4. The summed E-state index contributed by atoms with van der Waals surface area (Å²) in [7, 11) is 0. The number of rotatable bonds is 6. The van der Waals surface area contributed by atoms with Crippen molar-refractivity contribution in [3.8, 4) is 0 Å². The number of nitrogens with zero attached hydrogens (tertiary/aromatic N) is 1. The molecule has 1 unspecified atom stereocenters. The van der Waals surface area contributed by atoms with Crippen molar-refractivity contribution >= 4 is 5.69 Å². The maximum Gasteiger partial charge on any atom is 0.272 e. The van der Waals surface area contributed by atoms with E-state index in [1.807, 2.05) is 0 Å². The third-order valence-corrected chi connectivity index (χ3v) is 3.47. The fourth-order valence-electron chi connectivity index (χ4n) is 2.25. The molecule has 0 heterocycles. The van der Waals surface area contributed by atoms with Gasteiger partial charge in [0.15, 0.2) is 0 Å². The second kappa shape index (κ2) is 7.26. The van der Waals surface area contributed by atoms with Gasteiger partial charge in [-0.3, -0.25) is 10.1 Å². The van der Waals surface area contributed by atoms with E-state index < -0.39 is 28.2 Å². The zero-order chi connectivity index (χ0) is 17.0. The van der Waals surface area contributed by atoms with Crippen LogP contribution in [0, 0.1) is 28.7 Å². The number of aryl methyl sites for hydroxylation is 1. The minimum absolute atomic E-state index is 0.00463. The zero-order valence-corrected chi connectivity index (χ0v) is 12.4. The lowest BCUT2D eigenvalue weighted by atomic mass is 10.1. The van der Waals surface area contributed by atoms with Gasteiger partial charge >= 0.3 is 0 Å². The lowest BCUT2D eigenvalue weighted by Gasteiger charge is -2.14. The van der Waals surface area contributed by atoms with E-state index in [1.165, 1.54) is 12.1 Å². The van der Waals surface area contributed by atoms with Gasteiger partial charge in [-0.05, 0) is 24.6 Å². The summed E-state index contributed by atoms with van der Waals surface area (Å²) in [6.07, 6.45) is -1.35. The lowest BCUT2D eigenvalue weighted by molar-refractivity contribution is -0.385. The van der Waals surface area contributed by atoms with Crippen molar-refractivity contribution in [1.29, 1.82) is 0 Å². The summed E-state index contributed by atoms with van der Waals surface area (Å²) in [5.74, 6) is -1.63. The Bertz CT molecular complexity index is 702. The quantitative estimate of drug-likeness (QED) is 0.633. The molecule has 7 heteroatoms. The second-order valence-electron chi connectivity index (χ2n) is 5.16. The smallest absolute Gasteiger partial charge is 0.272 e. The first kappa shape index (κ1) is 17.0. The molecule has 0 aliphatic heterocycles. The SMILES string of the molecule is Cc1ccc(CNCC(O)c2c(F)cccc2F)cc1[N+](=O)[O-]. The van der Waals surface area contributed by atoms with Crippen LogP contribution in [0.15, 0.2) is 36.4 Å². The van der Waals surface area contributed by atoms with Gasteiger partial charge in [0.25, 0.3) is 5.69 Å². The Hall–Kier alpha value is -2.38. The molecule has 0 aromatic heterocycles. The summed E-state index contributed by atoms with van der Waals surface area (Å²) < 4.78 is 27.1. The van der Waals surface area contributed by atoms with Crippen LogP contribution in [-0.2, 0) is 6.54 Å². The molecule has 0 radical (unpaired) electrons. The average Bonchev–Trinajstić information content (AvgIpc) is 2.48. The topological polar surface area (TPSA) is 75.4 Å². The lowest BCUT2D eigenvalue weighted by Crippen LogP contribution is -2.22. The van der Waals surface area contributed by atoms with Crippen LogP contribution in [0.4, 0.5) is 14.5 Å². The predicted octanol–water partition coefficient (Wildman–Crippen LogP) is 3.00. The van der Waals surface area contributed by atoms with Gasteiger partial charge < -0.3 is 10.4 Å². The number of halogens is 2. The van der Waals surface area contributed by atoms with Crippen molar-refractivity contribution in [3.63, 3.8) is 0 Å². The Morgan fingerprint density at radius 1 is 1.26 bits per heavy atom. The van der Waals surface area contributed by atoms with Crippen molar-refractivity contribution in [2.75, 3.05) is 6.54 Å². The molecule has 0 amide bonds. The highest BCUT2D eigenvalue weighted by atomic mass is 19.1. The summed E-state index contributed by atoms with van der Waals surface area (Å²) >= 11 is 0. The molecule has 2 aromatic carbocycles. The van der Waals surface area contributed by atoms with Crippen LogP contribution in [0.25, 0.3) is 0 Å². The summed E-state index contributed by atoms with van der Waals surface area (Å²) in [5, 5.41) is 23.6. The highest BCUT2D eigenvalue weighted by molar-refractivity contribution is 5.42. The molecule has 2 N–H and O–H groups in total. The molecular weight excluding hydrogens is 306 g/mol. The third-order valence-electron chi connectivity index (χ3n) is 3.47. The summed E-state index contributed by atoms with van der Waals surface area (Å²) in [4.78, 5) is 10.4. The molecule has 0 saturated heterocycles. The van der Waals surface area contributed by atoms with Gasteiger partial charge in [-0.25, -0.2) is 8.78 Å². The largest absolute Gasteiger partial charge is 0.387 e. The molecule has 0 aliphatic carbocycles. The Morgan fingerprint density at radius 2 is 1.91 bits per heavy atom. The van der Waals surface area contributed by atoms with E-state index in [-0.39, 0.29) is 18.8 Å². The minimum atomic E-state index is -1.35. The van der Waals surface area contributed by atoms with E-state index in [2.05, 4.69) is 5.32 Å². The van der Waals surface area contributed by atoms with Crippen LogP contribution < -0.4 is 5.32 Å². The highest BCUT2D eigenvalue weighted by Gasteiger charge is 2.17. The second-order valence-corrected chi connectivity index (χ2v) is 5.16. The molecule has 5 nitrogen and oxygen atoms in total. The highest BCUT2D eigenvalue weighted by Crippen LogP contribution is 2.21. The maximum atomic E-state index is 13.5. The molecule has 1 atom stereocenters. The molecule has 0 bridgehead atoms. The van der Waals surface area contributed by atoms with Gasteiger partial charge in [0.2, 0.25) is 0 Å². The number of nitro benzene ring substituents is 1. The van der Waals surface area contributed by atoms with Gasteiger partial charge in [0.05, 0.1) is 16.6 Å². The molecule has 122 valence electrons. The molecule has 0 saturated carbocycles. The van der Waals surface area contributed by atoms with Gasteiger partial charge in [-0.2, -0.15) is 0 Å². The Morgan fingerprint density at radius 3 is 2.52 bits per heavy atom. The minimum Gasteiger partial charge on any atom is -0.387 e. The number of nitrogens with one attached hydrogen (secondary N) is 1. The van der Waals surface area contributed by atoms with Crippen LogP contribution >= 0.6 is 0 Å². The number of nitro groups is 1. The molecule has 0 fully saturated rings. The van der Waals surface area contributed by atoms with Crippen LogP contribution in [0.3, 0.4) is 0 Å². The average molecular weight is 322 g/mol. The fraction of sp³-hybridized carbons (Fsp3) is 0.250. The van der Waals surface area contributed by atoms with Crippen molar-refractivity contribution < 1.29 is 18.8 Å². The molecule has 0 aliphatic rings. The Labute approximate surface area is 131 Å². The maximum absolute atomic E-state index is 13.5. The van der Waals surface area contributed by atoms with E-state index in [9.17, 15) is 24.0 Å². The van der Waals surface area contributed by atoms with Crippen molar-refractivity contribution in [2.24, 2.45) is 0 Å². The summed E-state index contributed by atoms with van der Waals surface area (Å²) in [6, 6.07) is 8.14.